The molecule has 138 valence electrons. The van der Waals surface area contributed by atoms with Crippen molar-refractivity contribution < 1.29 is 9.53 Å². The zero-order chi connectivity index (χ0) is 18.7. The number of amides is 1. The molecule has 26 heavy (non-hydrogen) atoms. The third-order valence-corrected chi connectivity index (χ3v) is 4.25. The molecule has 0 N–H and O–H groups in total. The van der Waals surface area contributed by atoms with Gasteiger partial charge >= 0.3 is 6.09 Å². The van der Waals surface area contributed by atoms with Crippen LogP contribution < -0.4 is 0 Å². The van der Waals surface area contributed by atoms with E-state index in [4.69, 9.17) is 16.3 Å². The highest BCUT2D eigenvalue weighted by molar-refractivity contribution is 6.29. The van der Waals surface area contributed by atoms with Crippen molar-refractivity contribution in [3.05, 3.63) is 59.1 Å². The molecule has 6 nitrogen and oxygen atoms in total. The van der Waals surface area contributed by atoms with Gasteiger partial charge in [0.2, 0.25) is 0 Å². The predicted octanol–water partition coefficient (Wildman–Crippen LogP) is 3.88. The quantitative estimate of drug-likeness (QED) is 0.763. The third kappa shape index (κ3) is 4.51. The van der Waals surface area contributed by atoms with Gasteiger partial charge in [0.15, 0.2) is 0 Å². The van der Waals surface area contributed by atoms with E-state index in [1.54, 1.807) is 23.4 Å². The Hall–Kier alpha value is -2.18. The molecule has 2 aromatic heterocycles. The molecule has 0 spiro atoms. The topological polar surface area (TPSA) is 58.6 Å². The fourth-order valence-corrected chi connectivity index (χ4v) is 3.08. The second-order valence-corrected chi connectivity index (χ2v) is 7.65. The molecule has 1 aliphatic rings. The standard InChI is InChI=1S/C19H23ClN4O2/c1-19(2,3)26-18(25)24-11-10-23(13-14-7-8-16(20)22-12-14)17(24)15-6-4-5-9-21-15/h4-9,12,17H,10-11,13H2,1-3H3. The molecule has 3 heterocycles. The molecule has 1 aliphatic heterocycles. The van der Waals surface area contributed by atoms with Gasteiger partial charge in [0.25, 0.3) is 0 Å². The molecule has 1 saturated heterocycles. The minimum Gasteiger partial charge on any atom is -0.444 e. The average molecular weight is 375 g/mol. The molecule has 1 amide bonds. The van der Waals surface area contributed by atoms with E-state index in [0.29, 0.717) is 18.2 Å². The van der Waals surface area contributed by atoms with Crippen molar-refractivity contribution in [3.8, 4) is 0 Å². The fraction of sp³-hybridized carbons (Fsp3) is 0.421. The summed E-state index contributed by atoms with van der Waals surface area (Å²) in [5.74, 6) is 0. The molecule has 7 heteroatoms. The van der Waals surface area contributed by atoms with Gasteiger partial charge < -0.3 is 4.74 Å². The largest absolute Gasteiger partial charge is 0.444 e. The van der Waals surface area contributed by atoms with E-state index in [2.05, 4.69) is 14.9 Å². The number of aromatic nitrogens is 2. The number of ether oxygens (including phenoxy) is 1. The molecule has 1 atom stereocenters. The molecule has 0 aromatic carbocycles. The maximum atomic E-state index is 12.7. The van der Waals surface area contributed by atoms with Gasteiger partial charge in [-0.25, -0.2) is 9.78 Å². The van der Waals surface area contributed by atoms with Crippen LogP contribution in [0.15, 0.2) is 42.7 Å². The highest BCUT2D eigenvalue weighted by Crippen LogP contribution is 2.31. The summed E-state index contributed by atoms with van der Waals surface area (Å²) < 4.78 is 5.59. The fourth-order valence-electron chi connectivity index (χ4n) is 2.96. The lowest BCUT2D eigenvalue weighted by molar-refractivity contribution is 0.0118. The zero-order valence-corrected chi connectivity index (χ0v) is 16.0. The number of hydrogen-bond acceptors (Lipinski definition) is 5. The summed E-state index contributed by atoms with van der Waals surface area (Å²) in [4.78, 5) is 25.2. The Bertz CT molecular complexity index is 746. The summed E-state index contributed by atoms with van der Waals surface area (Å²) in [5, 5.41) is 0.465. The number of hydrogen-bond donors (Lipinski definition) is 0. The number of nitrogens with zero attached hydrogens (tertiary/aromatic N) is 4. The van der Waals surface area contributed by atoms with Crippen LogP contribution >= 0.6 is 11.6 Å². The summed E-state index contributed by atoms with van der Waals surface area (Å²) in [6.07, 6.45) is 2.89. The molecule has 0 bridgehead atoms. The zero-order valence-electron chi connectivity index (χ0n) is 15.2. The first-order valence-electron chi connectivity index (χ1n) is 8.58. The number of halogens is 1. The van der Waals surface area contributed by atoms with Crippen molar-refractivity contribution >= 4 is 17.7 Å². The summed E-state index contributed by atoms with van der Waals surface area (Å²) in [6.45, 7) is 7.56. The van der Waals surface area contributed by atoms with Gasteiger partial charge in [-0.2, -0.15) is 0 Å². The van der Waals surface area contributed by atoms with E-state index in [-0.39, 0.29) is 12.3 Å². The predicted molar refractivity (Wildman–Crippen MR) is 99.6 cm³/mol. The minimum atomic E-state index is -0.542. The van der Waals surface area contributed by atoms with Crippen molar-refractivity contribution in [3.63, 3.8) is 0 Å². The van der Waals surface area contributed by atoms with Crippen LogP contribution in [-0.2, 0) is 11.3 Å². The minimum absolute atomic E-state index is 0.276. The van der Waals surface area contributed by atoms with Gasteiger partial charge in [0, 0.05) is 32.0 Å². The van der Waals surface area contributed by atoms with Crippen molar-refractivity contribution in [2.24, 2.45) is 0 Å². The first-order valence-corrected chi connectivity index (χ1v) is 8.96. The summed E-state index contributed by atoms with van der Waals surface area (Å²) in [7, 11) is 0. The van der Waals surface area contributed by atoms with Crippen molar-refractivity contribution in [2.75, 3.05) is 13.1 Å². The number of carbonyl (C=O) groups is 1. The average Bonchev–Trinajstić information content (AvgIpc) is 3.00. The Labute approximate surface area is 158 Å². The van der Waals surface area contributed by atoms with Crippen LogP contribution in [0.25, 0.3) is 0 Å². The van der Waals surface area contributed by atoms with Gasteiger partial charge in [-0.1, -0.05) is 23.7 Å². The smallest absolute Gasteiger partial charge is 0.411 e. The lowest BCUT2D eigenvalue weighted by Gasteiger charge is -2.31. The lowest BCUT2D eigenvalue weighted by atomic mass is 10.2. The van der Waals surface area contributed by atoms with Crippen molar-refractivity contribution in [1.29, 1.82) is 0 Å². The Balaban J connectivity index is 1.85. The molecule has 1 fully saturated rings. The van der Waals surface area contributed by atoms with Crippen LogP contribution in [0.1, 0.15) is 38.2 Å². The summed E-state index contributed by atoms with van der Waals surface area (Å²) >= 11 is 5.87. The van der Waals surface area contributed by atoms with Crippen LogP contribution in [-0.4, -0.2) is 44.6 Å². The van der Waals surface area contributed by atoms with Gasteiger partial charge in [0.05, 0.1) is 5.69 Å². The molecular formula is C19H23ClN4O2. The monoisotopic (exact) mass is 374 g/mol. The lowest BCUT2D eigenvalue weighted by Crippen LogP contribution is -2.39. The number of pyridine rings is 2. The second kappa shape index (κ2) is 7.60. The van der Waals surface area contributed by atoms with Gasteiger partial charge in [-0.3, -0.25) is 14.8 Å². The van der Waals surface area contributed by atoms with Gasteiger partial charge in [-0.05, 0) is 44.5 Å². The Morgan fingerprint density at radius 3 is 2.65 bits per heavy atom. The number of rotatable bonds is 3. The van der Waals surface area contributed by atoms with Crippen LogP contribution in [0.3, 0.4) is 0 Å². The normalized spacial score (nSPS) is 18.2. The Kier molecular flexibility index (Phi) is 5.44. The number of carbonyl (C=O) groups excluding carboxylic acids is 1. The van der Waals surface area contributed by atoms with E-state index in [1.165, 1.54) is 0 Å². The molecule has 0 saturated carbocycles. The van der Waals surface area contributed by atoms with E-state index >= 15 is 0 Å². The highest BCUT2D eigenvalue weighted by atomic mass is 35.5. The molecule has 1 unspecified atom stereocenters. The SMILES string of the molecule is CC(C)(C)OC(=O)N1CCN(Cc2ccc(Cl)nc2)C1c1ccccn1. The first-order chi connectivity index (χ1) is 12.3. The third-order valence-electron chi connectivity index (χ3n) is 4.02. The van der Waals surface area contributed by atoms with E-state index in [0.717, 1.165) is 17.8 Å². The Morgan fingerprint density at radius 2 is 2.04 bits per heavy atom. The summed E-state index contributed by atoms with van der Waals surface area (Å²) in [6, 6.07) is 9.44. The van der Waals surface area contributed by atoms with Crippen molar-refractivity contribution in [2.45, 2.75) is 39.1 Å². The Morgan fingerprint density at radius 1 is 1.23 bits per heavy atom. The van der Waals surface area contributed by atoms with Crippen LogP contribution in [0.5, 0.6) is 0 Å². The van der Waals surface area contributed by atoms with Crippen molar-refractivity contribution in [1.82, 2.24) is 19.8 Å². The second-order valence-electron chi connectivity index (χ2n) is 7.26. The molecular weight excluding hydrogens is 352 g/mol. The summed E-state index contributed by atoms with van der Waals surface area (Å²) in [5.41, 5.74) is 1.30. The van der Waals surface area contributed by atoms with Crippen LogP contribution in [0.2, 0.25) is 5.15 Å². The van der Waals surface area contributed by atoms with E-state index < -0.39 is 5.60 Å². The molecule has 2 aromatic rings. The van der Waals surface area contributed by atoms with E-state index in [9.17, 15) is 4.79 Å². The molecule has 0 aliphatic carbocycles. The highest BCUT2D eigenvalue weighted by Gasteiger charge is 2.39. The van der Waals surface area contributed by atoms with E-state index in [1.807, 2.05) is 45.0 Å². The molecule has 3 rings (SSSR count). The maximum absolute atomic E-state index is 12.7. The van der Waals surface area contributed by atoms with Crippen LogP contribution in [0, 0.1) is 0 Å². The van der Waals surface area contributed by atoms with Gasteiger partial charge in [0.1, 0.15) is 16.9 Å². The maximum Gasteiger partial charge on any atom is 0.411 e. The van der Waals surface area contributed by atoms with Gasteiger partial charge in [-0.15, -0.1) is 0 Å². The molecule has 0 radical (unpaired) electrons. The first kappa shape index (κ1) is 18.6. The van der Waals surface area contributed by atoms with Crippen LogP contribution in [0.4, 0.5) is 4.79 Å².